The number of halogens is 1. The zero-order chi connectivity index (χ0) is 18.0. The lowest BCUT2D eigenvalue weighted by Crippen LogP contribution is -2.01. The van der Waals surface area contributed by atoms with E-state index < -0.39 is 0 Å². The van der Waals surface area contributed by atoms with Crippen LogP contribution in [0.5, 0.6) is 0 Å². The van der Waals surface area contributed by atoms with E-state index in [0.29, 0.717) is 12.0 Å². The van der Waals surface area contributed by atoms with Crippen molar-refractivity contribution >= 4 is 22.6 Å². The second-order valence-electron chi connectivity index (χ2n) is 5.43. The second-order valence-corrected chi connectivity index (χ2v) is 5.43. The van der Waals surface area contributed by atoms with E-state index >= 15 is 0 Å². The van der Waals surface area contributed by atoms with Gasteiger partial charge in [-0.05, 0) is 29.8 Å². The number of hydrogen-bond donors (Lipinski definition) is 0. The summed E-state index contributed by atoms with van der Waals surface area (Å²) in [7, 11) is 1.80. The van der Waals surface area contributed by atoms with Gasteiger partial charge in [0, 0.05) is 24.9 Å². The van der Waals surface area contributed by atoms with Crippen LogP contribution in [0.2, 0.25) is 0 Å². The number of benzene rings is 1. The van der Waals surface area contributed by atoms with E-state index in [1.54, 1.807) is 34.7 Å². The van der Waals surface area contributed by atoms with Crippen LogP contribution in [-0.4, -0.2) is 24.4 Å². The Kier molecular flexibility index (Phi) is 4.61. The molecule has 128 valence electrons. The van der Waals surface area contributed by atoms with E-state index in [-0.39, 0.29) is 5.82 Å². The number of fused-ring (bicyclic) bond motifs is 2. The van der Waals surface area contributed by atoms with Crippen molar-refractivity contribution in [3.8, 4) is 0 Å². The van der Waals surface area contributed by atoms with Crippen LogP contribution in [0.3, 0.4) is 0 Å². The number of nitrogens with zero attached hydrogens (tertiary/aromatic N) is 5. The van der Waals surface area contributed by atoms with Crippen molar-refractivity contribution in [1.29, 1.82) is 0 Å². The molecule has 5 nitrogen and oxygen atoms in total. The lowest BCUT2D eigenvalue weighted by atomic mass is 10.1. The summed E-state index contributed by atoms with van der Waals surface area (Å²) in [5.74, 6) is -0.254. The lowest BCUT2D eigenvalue weighted by molar-refractivity contribution is 0.613. The van der Waals surface area contributed by atoms with Crippen molar-refractivity contribution in [2.45, 2.75) is 20.3 Å². The fourth-order valence-electron chi connectivity index (χ4n) is 2.72. The number of aryl methyl sites for hydroxylation is 1. The number of aromatic nitrogens is 5. The third-order valence-electron chi connectivity index (χ3n) is 3.95. The van der Waals surface area contributed by atoms with Gasteiger partial charge in [-0.2, -0.15) is 10.2 Å². The molecule has 3 aromatic heterocycles. The Morgan fingerprint density at radius 3 is 2.76 bits per heavy atom. The van der Waals surface area contributed by atoms with E-state index in [1.807, 2.05) is 32.0 Å². The van der Waals surface area contributed by atoms with Crippen LogP contribution < -0.4 is 0 Å². The summed E-state index contributed by atoms with van der Waals surface area (Å²) in [5, 5.41) is 9.51. The highest BCUT2D eigenvalue weighted by molar-refractivity contribution is 5.79. The van der Waals surface area contributed by atoms with Gasteiger partial charge in [0.2, 0.25) is 0 Å². The van der Waals surface area contributed by atoms with Crippen LogP contribution in [0, 0.1) is 5.82 Å². The smallest absolute Gasteiger partial charge is 0.153 e. The van der Waals surface area contributed by atoms with Crippen LogP contribution in [0.4, 0.5) is 4.39 Å². The zero-order valence-electron chi connectivity index (χ0n) is 14.6. The molecule has 0 atom stereocenters. The Morgan fingerprint density at radius 2 is 2.00 bits per heavy atom. The summed E-state index contributed by atoms with van der Waals surface area (Å²) < 4.78 is 17.8. The van der Waals surface area contributed by atoms with E-state index in [0.717, 1.165) is 27.9 Å². The first-order valence-electron chi connectivity index (χ1n) is 8.22. The summed E-state index contributed by atoms with van der Waals surface area (Å²) in [6.45, 7) is 7.72. The van der Waals surface area contributed by atoms with E-state index in [2.05, 4.69) is 21.8 Å². The highest BCUT2D eigenvalue weighted by Crippen LogP contribution is 2.21. The zero-order valence-corrected chi connectivity index (χ0v) is 14.6. The average molecular weight is 337 g/mol. The molecule has 6 heteroatoms. The van der Waals surface area contributed by atoms with Crippen LogP contribution in [0.15, 0.2) is 43.2 Å². The van der Waals surface area contributed by atoms with Gasteiger partial charge in [0.15, 0.2) is 5.65 Å². The van der Waals surface area contributed by atoms with Gasteiger partial charge >= 0.3 is 0 Å². The molecule has 0 aliphatic carbocycles. The van der Waals surface area contributed by atoms with Crippen molar-refractivity contribution in [3.63, 3.8) is 0 Å². The molecule has 4 rings (SSSR count). The first-order valence-corrected chi connectivity index (χ1v) is 8.22. The minimum Gasteiger partial charge on any atom is -0.268 e. The third kappa shape index (κ3) is 3.03. The van der Waals surface area contributed by atoms with Gasteiger partial charge in [-0.25, -0.2) is 13.9 Å². The van der Waals surface area contributed by atoms with Gasteiger partial charge in [-0.1, -0.05) is 20.4 Å². The molecule has 0 spiro atoms. The molecular weight excluding hydrogens is 317 g/mol. The maximum Gasteiger partial charge on any atom is 0.153 e. The highest BCUT2D eigenvalue weighted by atomic mass is 19.1. The normalized spacial score (nSPS) is 10.7. The molecule has 0 unspecified atom stereocenters. The molecule has 4 aromatic rings. The van der Waals surface area contributed by atoms with Crippen molar-refractivity contribution in [1.82, 2.24) is 24.4 Å². The van der Waals surface area contributed by atoms with Crippen LogP contribution in [-0.2, 0) is 13.5 Å². The summed E-state index contributed by atoms with van der Waals surface area (Å²) in [4.78, 5) is 4.31. The molecular formula is C19H20FN5. The topological polar surface area (TPSA) is 48.0 Å². The Balaban J connectivity index is 0.000000880. The molecule has 0 amide bonds. The third-order valence-corrected chi connectivity index (χ3v) is 3.95. The first kappa shape index (κ1) is 16.8. The van der Waals surface area contributed by atoms with Crippen LogP contribution in [0.25, 0.3) is 22.6 Å². The Hall–Kier alpha value is -3.02. The van der Waals surface area contributed by atoms with Gasteiger partial charge in [-0.15, -0.1) is 0 Å². The molecule has 0 radical (unpaired) electrons. The maximum absolute atomic E-state index is 14.4. The predicted octanol–water partition coefficient (Wildman–Crippen LogP) is 4.02. The first-order chi connectivity index (χ1) is 12.2. The van der Waals surface area contributed by atoms with Gasteiger partial charge < -0.3 is 0 Å². The van der Waals surface area contributed by atoms with Crippen molar-refractivity contribution < 1.29 is 4.39 Å². The Labute approximate surface area is 145 Å². The second kappa shape index (κ2) is 6.84. The highest BCUT2D eigenvalue weighted by Gasteiger charge is 2.12. The SMILES string of the molecule is C=Cc1ccc2ncc(Cc3cc4cnn(C)c4cc3F)n2n1.CC. The monoisotopic (exact) mass is 337 g/mol. The number of rotatable bonds is 3. The maximum atomic E-state index is 14.4. The Morgan fingerprint density at radius 1 is 1.20 bits per heavy atom. The van der Waals surface area contributed by atoms with Gasteiger partial charge in [-0.3, -0.25) is 4.68 Å². The molecule has 0 saturated heterocycles. The molecule has 0 N–H and O–H groups in total. The predicted molar refractivity (Wildman–Crippen MR) is 97.9 cm³/mol. The van der Waals surface area contributed by atoms with Gasteiger partial charge in [0.05, 0.1) is 29.3 Å². The lowest BCUT2D eigenvalue weighted by Gasteiger charge is -2.05. The number of imidazole rings is 1. The van der Waals surface area contributed by atoms with Crippen molar-refractivity contribution in [2.75, 3.05) is 0 Å². The van der Waals surface area contributed by atoms with Gasteiger partial charge in [0.1, 0.15) is 5.82 Å². The minimum absolute atomic E-state index is 0.254. The van der Waals surface area contributed by atoms with Crippen LogP contribution in [0.1, 0.15) is 30.8 Å². The molecule has 3 heterocycles. The largest absolute Gasteiger partial charge is 0.268 e. The van der Waals surface area contributed by atoms with E-state index in [1.165, 1.54) is 6.07 Å². The minimum atomic E-state index is -0.254. The fourth-order valence-corrected chi connectivity index (χ4v) is 2.72. The Bertz CT molecular complexity index is 1040. The number of hydrogen-bond acceptors (Lipinski definition) is 3. The average Bonchev–Trinajstić information content (AvgIpc) is 3.21. The molecule has 0 bridgehead atoms. The summed E-state index contributed by atoms with van der Waals surface area (Å²) in [6.07, 6.45) is 5.54. The van der Waals surface area contributed by atoms with Crippen molar-refractivity contribution in [3.05, 3.63) is 66.0 Å². The van der Waals surface area contributed by atoms with E-state index in [9.17, 15) is 4.39 Å². The van der Waals surface area contributed by atoms with Crippen molar-refractivity contribution in [2.24, 2.45) is 7.05 Å². The molecule has 0 saturated carbocycles. The van der Waals surface area contributed by atoms with Crippen LogP contribution >= 0.6 is 0 Å². The molecule has 0 fully saturated rings. The standard InChI is InChI=1S/C17H14FN5.C2H6/c1-3-13-4-5-17-19-10-14(23(17)21-13)7-11-6-12-9-20-22(2)16(12)8-15(11)18;1-2/h3-6,8-10H,1,7H2,2H3;1-2H3. The molecule has 1 aromatic carbocycles. The summed E-state index contributed by atoms with van der Waals surface area (Å²) in [5.41, 5.74) is 3.67. The molecule has 0 aliphatic heterocycles. The quantitative estimate of drug-likeness (QED) is 0.567. The van der Waals surface area contributed by atoms with Gasteiger partial charge in [0.25, 0.3) is 0 Å². The molecule has 0 aliphatic rings. The fraction of sp³-hybridized carbons (Fsp3) is 0.211. The van der Waals surface area contributed by atoms with E-state index in [4.69, 9.17) is 0 Å². The summed E-state index contributed by atoms with van der Waals surface area (Å²) in [6, 6.07) is 7.06. The molecule has 25 heavy (non-hydrogen) atoms. The summed E-state index contributed by atoms with van der Waals surface area (Å²) >= 11 is 0.